The van der Waals surface area contributed by atoms with E-state index in [-0.39, 0.29) is 11.9 Å². The zero-order chi connectivity index (χ0) is 14.7. The average molecular weight is 355 g/mol. The standard InChI is InChI=1S/C13H15BrN4OS/c1-3-18-11(16-17-13(18)20)8(2)15-12(19)9-6-4-5-7-10(9)14/h4-8H,3H2,1-2H3,(H,15,19)(H,17,20). The summed E-state index contributed by atoms with van der Waals surface area (Å²) >= 11 is 8.51. The smallest absolute Gasteiger partial charge is 0.253 e. The van der Waals surface area contributed by atoms with Gasteiger partial charge in [0.2, 0.25) is 0 Å². The van der Waals surface area contributed by atoms with Crippen LogP contribution < -0.4 is 5.32 Å². The second-order valence-corrected chi connectivity index (χ2v) is 5.55. The van der Waals surface area contributed by atoms with Crippen molar-refractivity contribution < 1.29 is 4.79 Å². The lowest BCUT2D eigenvalue weighted by Crippen LogP contribution is -2.29. The lowest BCUT2D eigenvalue weighted by atomic mass is 10.2. The maximum atomic E-state index is 12.2. The highest BCUT2D eigenvalue weighted by molar-refractivity contribution is 9.10. The van der Waals surface area contributed by atoms with E-state index >= 15 is 0 Å². The average Bonchev–Trinajstić information content (AvgIpc) is 2.80. The molecule has 2 N–H and O–H groups in total. The predicted molar refractivity (Wildman–Crippen MR) is 83.1 cm³/mol. The molecule has 1 aromatic heterocycles. The van der Waals surface area contributed by atoms with E-state index in [9.17, 15) is 4.79 Å². The Balaban J connectivity index is 2.20. The van der Waals surface area contributed by atoms with Crippen LogP contribution in [0.15, 0.2) is 28.7 Å². The first-order valence-electron chi connectivity index (χ1n) is 6.25. The van der Waals surface area contributed by atoms with Crippen molar-refractivity contribution in [3.05, 3.63) is 44.9 Å². The van der Waals surface area contributed by atoms with E-state index in [1.165, 1.54) is 0 Å². The van der Waals surface area contributed by atoms with Crippen LogP contribution in [-0.2, 0) is 6.54 Å². The maximum absolute atomic E-state index is 12.2. The van der Waals surface area contributed by atoms with Gasteiger partial charge in [-0.15, -0.1) is 0 Å². The number of hydrogen-bond donors (Lipinski definition) is 2. The molecule has 1 amide bonds. The van der Waals surface area contributed by atoms with Crippen LogP contribution in [0.5, 0.6) is 0 Å². The molecule has 2 aromatic rings. The molecule has 0 saturated heterocycles. The number of amides is 1. The van der Waals surface area contributed by atoms with Gasteiger partial charge in [0.1, 0.15) is 0 Å². The molecule has 1 aromatic carbocycles. The van der Waals surface area contributed by atoms with E-state index in [1.54, 1.807) is 6.07 Å². The van der Waals surface area contributed by atoms with Crippen molar-refractivity contribution >= 4 is 34.1 Å². The summed E-state index contributed by atoms with van der Waals surface area (Å²) in [6.07, 6.45) is 0. The first kappa shape index (κ1) is 14.9. The molecule has 2 rings (SSSR count). The van der Waals surface area contributed by atoms with Gasteiger partial charge in [-0.2, -0.15) is 5.10 Å². The first-order chi connectivity index (χ1) is 9.54. The molecule has 5 nitrogen and oxygen atoms in total. The van der Waals surface area contributed by atoms with E-state index < -0.39 is 0 Å². The van der Waals surface area contributed by atoms with Gasteiger partial charge in [-0.3, -0.25) is 9.89 Å². The van der Waals surface area contributed by atoms with Crippen LogP contribution in [0.2, 0.25) is 0 Å². The molecule has 0 spiro atoms. The zero-order valence-corrected chi connectivity index (χ0v) is 13.6. The van der Waals surface area contributed by atoms with Crippen molar-refractivity contribution in [3.8, 4) is 0 Å². The minimum Gasteiger partial charge on any atom is -0.342 e. The van der Waals surface area contributed by atoms with Crippen LogP contribution in [0, 0.1) is 4.77 Å². The third-order valence-electron chi connectivity index (χ3n) is 2.96. The van der Waals surface area contributed by atoms with E-state index in [0.717, 1.165) is 10.3 Å². The number of rotatable bonds is 4. The largest absolute Gasteiger partial charge is 0.342 e. The minimum absolute atomic E-state index is 0.151. The van der Waals surface area contributed by atoms with Crippen molar-refractivity contribution in [2.24, 2.45) is 0 Å². The molecule has 1 heterocycles. The highest BCUT2D eigenvalue weighted by Gasteiger charge is 2.17. The van der Waals surface area contributed by atoms with E-state index in [0.29, 0.717) is 16.9 Å². The first-order valence-corrected chi connectivity index (χ1v) is 7.45. The summed E-state index contributed by atoms with van der Waals surface area (Å²) < 4.78 is 3.18. The number of nitrogens with one attached hydrogen (secondary N) is 2. The molecule has 0 aliphatic rings. The van der Waals surface area contributed by atoms with Gasteiger partial charge in [-0.05, 0) is 54.1 Å². The molecule has 0 bridgehead atoms. The van der Waals surface area contributed by atoms with Gasteiger partial charge >= 0.3 is 0 Å². The third-order valence-corrected chi connectivity index (χ3v) is 3.96. The van der Waals surface area contributed by atoms with E-state index in [4.69, 9.17) is 12.2 Å². The number of nitrogens with zero attached hydrogens (tertiary/aromatic N) is 2. The Labute approximate surface area is 130 Å². The van der Waals surface area contributed by atoms with Crippen LogP contribution in [0.1, 0.15) is 36.1 Å². The van der Waals surface area contributed by atoms with Crippen LogP contribution in [0.4, 0.5) is 0 Å². The molecular weight excluding hydrogens is 340 g/mol. The monoisotopic (exact) mass is 354 g/mol. The highest BCUT2D eigenvalue weighted by atomic mass is 79.9. The molecule has 0 aliphatic carbocycles. The second kappa shape index (κ2) is 6.32. The third kappa shape index (κ3) is 2.99. The summed E-state index contributed by atoms with van der Waals surface area (Å²) in [7, 11) is 0. The molecule has 0 aliphatic heterocycles. The Kier molecular flexibility index (Phi) is 4.72. The molecular formula is C13H15BrN4OS. The Morgan fingerprint density at radius 2 is 2.25 bits per heavy atom. The van der Waals surface area contributed by atoms with Crippen molar-refractivity contribution in [1.29, 1.82) is 0 Å². The van der Waals surface area contributed by atoms with Crippen LogP contribution >= 0.6 is 28.1 Å². The van der Waals surface area contributed by atoms with Gasteiger partial charge < -0.3 is 9.88 Å². The Morgan fingerprint density at radius 1 is 1.55 bits per heavy atom. The fourth-order valence-corrected chi connectivity index (χ4v) is 2.68. The normalized spacial score (nSPS) is 12.2. The Hall–Kier alpha value is -1.47. The van der Waals surface area contributed by atoms with Gasteiger partial charge in [0.05, 0.1) is 11.6 Å². The number of H-pyrrole nitrogens is 1. The number of carbonyl (C=O) groups excluding carboxylic acids is 1. The molecule has 0 fully saturated rings. The number of aromatic amines is 1. The number of hydrogen-bond acceptors (Lipinski definition) is 3. The van der Waals surface area contributed by atoms with Crippen molar-refractivity contribution in [2.45, 2.75) is 26.4 Å². The number of benzene rings is 1. The summed E-state index contributed by atoms with van der Waals surface area (Å²) in [6, 6.07) is 7.06. The van der Waals surface area contributed by atoms with Gasteiger partial charge in [0, 0.05) is 11.0 Å². The molecule has 106 valence electrons. The summed E-state index contributed by atoms with van der Waals surface area (Å²) in [5, 5.41) is 9.85. The van der Waals surface area contributed by atoms with Crippen LogP contribution in [0.25, 0.3) is 0 Å². The summed E-state index contributed by atoms with van der Waals surface area (Å²) in [5.41, 5.74) is 0.594. The SMILES string of the molecule is CCn1c(C(C)NC(=O)c2ccccc2Br)n[nH]c1=S. The lowest BCUT2D eigenvalue weighted by Gasteiger charge is -2.14. The highest BCUT2D eigenvalue weighted by Crippen LogP contribution is 2.17. The zero-order valence-electron chi connectivity index (χ0n) is 11.2. The van der Waals surface area contributed by atoms with E-state index in [2.05, 4.69) is 31.4 Å². The fourth-order valence-electron chi connectivity index (χ4n) is 1.95. The van der Waals surface area contributed by atoms with Crippen molar-refractivity contribution in [2.75, 3.05) is 0 Å². The van der Waals surface area contributed by atoms with Gasteiger partial charge in [-0.1, -0.05) is 12.1 Å². The minimum atomic E-state index is -0.234. The summed E-state index contributed by atoms with van der Waals surface area (Å²) in [4.78, 5) is 12.2. The van der Waals surface area contributed by atoms with Crippen molar-refractivity contribution in [3.63, 3.8) is 0 Å². The molecule has 1 atom stereocenters. The molecule has 7 heteroatoms. The van der Waals surface area contributed by atoms with Gasteiger partial charge in [-0.25, -0.2) is 0 Å². The molecule has 0 radical (unpaired) electrons. The van der Waals surface area contributed by atoms with Gasteiger partial charge in [0.15, 0.2) is 10.6 Å². The van der Waals surface area contributed by atoms with E-state index in [1.807, 2.05) is 36.6 Å². The predicted octanol–water partition coefficient (Wildman–Crippen LogP) is 3.21. The molecule has 1 unspecified atom stereocenters. The topological polar surface area (TPSA) is 62.7 Å². The Bertz CT molecular complexity index is 679. The number of halogens is 1. The second-order valence-electron chi connectivity index (χ2n) is 4.31. The quantitative estimate of drug-likeness (QED) is 0.828. The maximum Gasteiger partial charge on any atom is 0.253 e. The Morgan fingerprint density at radius 3 is 2.90 bits per heavy atom. The fraction of sp³-hybridized carbons (Fsp3) is 0.308. The summed E-state index contributed by atoms with van der Waals surface area (Å²) in [6.45, 7) is 4.57. The summed E-state index contributed by atoms with van der Waals surface area (Å²) in [5.74, 6) is 0.569. The van der Waals surface area contributed by atoms with Crippen LogP contribution in [0.3, 0.4) is 0 Å². The number of carbonyl (C=O) groups is 1. The number of aromatic nitrogens is 3. The molecule has 0 saturated carbocycles. The van der Waals surface area contributed by atoms with Crippen molar-refractivity contribution in [1.82, 2.24) is 20.1 Å². The van der Waals surface area contributed by atoms with Gasteiger partial charge in [0.25, 0.3) is 5.91 Å². The lowest BCUT2D eigenvalue weighted by molar-refractivity contribution is 0.0937. The van der Waals surface area contributed by atoms with Crippen LogP contribution in [-0.4, -0.2) is 20.7 Å². The molecule has 20 heavy (non-hydrogen) atoms.